The SMILES string of the molecule is CC(=O)/C=C(\C)[O-].COP(=S)([S-])S.c1cc[c]([Sn+2][c]2ccccc2)cc1. The number of rotatable bonds is 4. The van der Waals surface area contributed by atoms with Crippen LogP contribution in [0.3, 0.4) is 0 Å². The van der Waals surface area contributed by atoms with E-state index >= 15 is 0 Å². The molecule has 2 aromatic rings. The molecule has 0 aliphatic heterocycles. The Kier molecular flexibility index (Phi) is 14.6. The number of thiol groups is 1. The average molecular weight is 531 g/mol. The van der Waals surface area contributed by atoms with E-state index < -0.39 is 25.8 Å². The molecule has 2 aromatic carbocycles. The fraction of sp³-hybridized carbons (Fsp3) is 0.167. The number of ketones is 1. The van der Waals surface area contributed by atoms with E-state index in [-0.39, 0.29) is 11.5 Å². The second-order valence-corrected chi connectivity index (χ2v) is 17.3. The molecule has 3 nitrogen and oxygen atoms in total. The van der Waals surface area contributed by atoms with Crippen LogP contribution in [-0.4, -0.2) is 34.0 Å². The molecule has 0 heterocycles. The van der Waals surface area contributed by atoms with Gasteiger partial charge in [0.25, 0.3) is 0 Å². The van der Waals surface area contributed by atoms with Gasteiger partial charge in [0.05, 0.1) is 0 Å². The summed E-state index contributed by atoms with van der Waals surface area (Å²) in [6, 6.07) is 21.6. The monoisotopic (exact) mass is 532 g/mol. The average Bonchev–Trinajstić information content (AvgIpc) is 2.56. The molecule has 0 N–H and O–H groups in total. The summed E-state index contributed by atoms with van der Waals surface area (Å²) in [4.78, 5) is 9.98. The van der Waals surface area contributed by atoms with Gasteiger partial charge in [0.15, 0.2) is 5.78 Å². The van der Waals surface area contributed by atoms with E-state index in [0.717, 1.165) is 6.08 Å². The number of hydrogen-bond donors (Lipinski definition) is 1. The van der Waals surface area contributed by atoms with E-state index in [1.165, 1.54) is 28.1 Å². The number of benzene rings is 2. The van der Waals surface area contributed by atoms with Gasteiger partial charge in [0, 0.05) is 7.11 Å². The van der Waals surface area contributed by atoms with Crippen LogP contribution in [0.1, 0.15) is 13.8 Å². The normalized spacial score (nSPS) is 12.3. The molecule has 0 aliphatic rings. The van der Waals surface area contributed by atoms with Gasteiger partial charge in [-0.05, 0) is 17.7 Å². The van der Waals surface area contributed by atoms with Gasteiger partial charge < -0.3 is 21.9 Å². The Labute approximate surface area is 181 Å². The number of allylic oxidation sites excluding steroid dienone is 2. The number of carbonyl (C=O) groups is 1. The van der Waals surface area contributed by atoms with Gasteiger partial charge in [-0.2, -0.15) is 0 Å². The molecular weight excluding hydrogens is 510 g/mol. The first-order valence-corrected chi connectivity index (χ1v) is 15.2. The van der Waals surface area contributed by atoms with Crippen LogP contribution in [0.4, 0.5) is 0 Å². The van der Waals surface area contributed by atoms with Crippen molar-refractivity contribution in [2.45, 2.75) is 13.8 Å². The first-order valence-electron chi connectivity index (χ1n) is 7.46. The fourth-order valence-electron chi connectivity index (χ4n) is 1.50. The summed E-state index contributed by atoms with van der Waals surface area (Å²) >= 11 is 12.4. The number of carbonyl (C=O) groups excluding carboxylic acids is 1. The van der Waals surface area contributed by atoms with E-state index in [1.54, 1.807) is 0 Å². The maximum absolute atomic E-state index is 9.98. The molecule has 0 aliphatic carbocycles. The van der Waals surface area contributed by atoms with Crippen molar-refractivity contribution in [3.63, 3.8) is 0 Å². The predicted molar refractivity (Wildman–Crippen MR) is 120 cm³/mol. The van der Waals surface area contributed by atoms with Crippen molar-refractivity contribution < 1.29 is 14.4 Å². The minimum atomic E-state index is -2.04. The fourth-order valence-corrected chi connectivity index (χ4v) is 4.50. The third-order valence-electron chi connectivity index (χ3n) is 2.47. The zero-order chi connectivity index (χ0) is 20.0. The molecule has 0 aromatic heterocycles. The molecule has 2 rings (SSSR count). The summed E-state index contributed by atoms with van der Waals surface area (Å²) in [5.41, 5.74) is 0. The molecule has 0 amide bonds. The molecule has 1 unspecified atom stereocenters. The van der Waals surface area contributed by atoms with Crippen molar-refractivity contribution in [1.82, 2.24) is 0 Å². The Morgan fingerprint density at radius 3 is 1.65 bits per heavy atom. The third kappa shape index (κ3) is 17.2. The predicted octanol–water partition coefficient (Wildman–Crippen LogP) is 2.52. The molecule has 0 bridgehead atoms. The molecule has 0 saturated carbocycles. The molecule has 0 radical (unpaired) electrons. The van der Waals surface area contributed by atoms with E-state index in [9.17, 15) is 9.90 Å². The van der Waals surface area contributed by atoms with E-state index in [4.69, 9.17) is 0 Å². The van der Waals surface area contributed by atoms with E-state index in [1.807, 2.05) is 0 Å². The second-order valence-electron chi connectivity index (χ2n) is 4.87. The Bertz CT molecular complexity index is 677. The standard InChI is InChI=1S/2C6H5.C5H8O2.CH5OPS3.Sn/c2*1-2-4-6-5-3-1;1-4(6)3-5(2)7;1-2-3(4,5)6;/h2*1-5H;3,6H,1-2H3;1H3,(H2,4,5,6);/q;;;;+2/p-2/b;;4-3+;;. The van der Waals surface area contributed by atoms with Gasteiger partial charge in [-0.1, -0.05) is 18.7 Å². The van der Waals surface area contributed by atoms with Crippen molar-refractivity contribution in [2.24, 2.45) is 0 Å². The summed E-state index contributed by atoms with van der Waals surface area (Å²) in [7, 11) is 1.47. The Balaban J connectivity index is 0.000000411. The molecule has 138 valence electrons. The van der Waals surface area contributed by atoms with Gasteiger partial charge in [-0.3, -0.25) is 4.79 Å². The van der Waals surface area contributed by atoms with Crippen molar-refractivity contribution in [3.05, 3.63) is 72.5 Å². The molecular formula is C18H21O3PS3Sn. The van der Waals surface area contributed by atoms with Gasteiger partial charge in [0.1, 0.15) is 0 Å². The van der Waals surface area contributed by atoms with E-state index in [2.05, 4.69) is 101 Å². The quantitative estimate of drug-likeness (QED) is 0.164. The summed E-state index contributed by atoms with van der Waals surface area (Å²) in [5, 5.41) is 9.98. The maximum atomic E-state index is 9.98. The summed E-state index contributed by atoms with van der Waals surface area (Å²) in [6.07, 6.45) is 1.06. The van der Waals surface area contributed by atoms with Gasteiger partial charge in [-0.15, -0.1) is 18.0 Å². The minimum absolute atomic E-state index is 0.187. The van der Waals surface area contributed by atoms with Gasteiger partial charge >= 0.3 is 89.0 Å². The molecule has 1 atom stereocenters. The number of hydrogen-bond acceptors (Lipinski definition) is 5. The molecule has 0 spiro atoms. The summed E-state index contributed by atoms with van der Waals surface area (Å²) in [6.45, 7) is 2.70. The van der Waals surface area contributed by atoms with Crippen molar-refractivity contribution in [2.75, 3.05) is 7.11 Å². The van der Waals surface area contributed by atoms with Crippen LogP contribution in [-0.2, 0) is 33.4 Å². The van der Waals surface area contributed by atoms with Crippen LogP contribution >= 0.6 is 16.9 Å². The molecule has 0 saturated heterocycles. The van der Waals surface area contributed by atoms with E-state index in [0.29, 0.717) is 0 Å². The first-order chi connectivity index (χ1) is 12.1. The molecule has 26 heavy (non-hydrogen) atoms. The summed E-state index contributed by atoms with van der Waals surface area (Å²) in [5.74, 6) is -0.375. The Morgan fingerprint density at radius 2 is 1.46 bits per heavy atom. The van der Waals surface area contributed by atoms with Crippen LogP contribution in [0.25, 0.3) is 0 Å². The summed E-state index contributed by atoms with van der Waals surface area (Å²) < 4.78 is 5.59. The van der Waals surface area contributed by atoms with Crippen LogP contribution in [0.15, 0.2) is 72.5 Å². The zero-order valence-corrected chi connectivity index (χ0v) is 21.1. The van der Waals surface area contributed by atoms with Crippen LogP contribution in [0.5, 0.6) is 0 Å². The van der Waals surface area contributed by atoms with Crippen molar-refractivity contribution >= 4 is 75.1 Å². The topological polar surface area (TPSA) is 49.4 Å². The zero-order valence-electron chi connectivity index (χ0n) is 14.8. The third-order valence-corrected chi connectivity index (χ3v) is 7.87. The van der Waals surface area contributed by atoms with Crippen LogP contribution in [0.2, 0.25) is 0 Å². The Morgan fingerprint density at radius 1 is 1.12 bits per heavy atom. The van der Waals surface area contributed by atoms with Crippen LogP contribution < -0.4 is 12.3 Å². The van der Waals surface area contributed by atoms with Gasteiger partial charge in [-0.25, -0.2) is 0 Å². The Hall–Kier alpha value is -0.241. The second kappa shape index (κ2) is 14.8. The molecule has 0 fully saturated rings. The van der Waals surface area contributed by atoms with Crippen molar-refractivity contribution in [3.8, 4) is 0 Å². The first kappa shape index (κ1) is 25.8. The van der Waals surface area contributed by atoms with Gasteiger partial charge in [0.2, 0.25) is 0 Å². The van der Waals surface area contributed by atoms with Crippen LogP contribution in [0, 0.1) is 0 Å². The molecule has 8 heteroatoms. The van der Waals surface area contributed by atoms with Crippen molar-refractivity contribution in [1.29, 1.82) is 0 Å².